The van der Waals surface area contributed by atoms with Crippen molar-refractivity contribution in [2.75, 3.05) is 5.32 Å². The fourth-order valence-corrected chi connectivity index (χ4v) is 2.00. The molecule has 2 aromatic carbocycles. The molecule has 0 spiro atoms. The van der Waals surface area contributed by atoms with Gasteiger partial charge in [-0.25, -0.2) is 8.78 Å². The Bertz CT molecular complexity index is 732. The zero-order valence-electron chi connectivity index (χ0n) is 12.5. The van der Waals surface area contributed by atoms with Crippen LogP contribution in [0.5, 0.6) is 0 Å². The van der Waals surface area contributed by atoms with Crippen molar-refractivity contribution >= 4 is 17.5 Å². The van der Waals surface area contributed by atoms with Gasteiger partial charge < -0.3 is 10.6 Å². The van der Waals surface area contributed by atoms with E-state index in [4.69, 9.17) is 0 Å². The minimum Gasteiger partial charge on any atom is -0.352 e. The molecular weight excluding hydrogens is 302 g/mol. The lowest BCUT2D eigenvalue weighted by atomic mass is 10.1. The maximum Gasteiger partial charge on any atom is 0.233 e. The SMILES string of the molecule is Cc1ccccc1CNC(=O)CC(=O)Nc1ccc(F)cc1F. The van der Waals surface area contributed by atoms with Gasteiger partial charge in [0, 0.05) is 12.6 Å². The molecule has 120 valence electrons. The summed E-state index contributed by atoms with van der Waals surface area (Å²) in [5.41, 5.74) is 1.82. The van der Waals surface area contributed by atoms with Crippen LogP contribution < -0.4 is 10.6 Å². The number of benzene rings is 2. The molecule has 0 saturated carbocycles. The van der Waals surface area contributed by atoms with Crippen LogP contribution >= 0.6 is 0 Å². The fourth-order valence-electron chi connectivity index (χ4n) is 2.00. The van der Waals surface area contributed by atoms with Crippen molar-refractivity contribution < 1.29 is 18.4 Å². The molecule has 6 heteroatoms. The summed E-state index contributed by atoms with van der Waals surface area (Å²) in [6, 6.07) is 10.3. The van der Waals surface area contributed by atoms with E-state index in [1.807, 2.05) is 31.2 Å². The summed E-state index contributed by atoms with van der Waals surface area (Å²) in [4.78, 5) is 23.4. The Labute approximate surface area is 132 Å². The van der Waals surface area contributed by atoms with E-state index in [0.29, 0.717) is 12.6 Å². The molecule has 2 aromatic rings. The first-order valence-corrected chi connectivity index (χ1v) is 7.02. The largest absolute Gasteiger partial charge is 0.352 e. The van der Waals surface area contributed by atoms with Gasteiger partial charge in [-0.15, -0.1) is 0 Å². The molecule has 2 rings (SSSR count). The van der Waals surface area contributed by atoms with E-state index < -0.39 is 29.9 Å². The normalized spacial score (nSPS) is 10.2. The highest BCUT2D eigenvalue weighted by Gasteiger charge is 2.12. The van der Waals surface area contributed by atoms with Crippen LogP contribution in [0.3, 0.4) is 0 Å². The van der Waals surface area contributed by atoms with Crippen LogP contribution in [0.1, 0.15) is 17.5 Å². The molecule has 4 nitrogen and oxygen atoms in total. The van der Waals surface area contributed by atoms with Gasteiger partial charge in [-0.05, 0) is 30.2 Å². The second-order valence-corrected chi connectivity index (χ2v) is 5.05. The first-order valence-electron chi connectivity index (χ1n) is 7.02. The predicted octanol–water partition coefficient (Wildman–Crippen LogP) is 2.92. The van der Waals surface area contributed by atoms with E-state index in [2.05, 4.69) is 10.6 Å². The summed E-state index contributed by atoms with van der Waals surface area (Å²) < 4.78 is 26.2. The maximum absolute atomic E-state index is 13.4. The highest BCUT2D eigenvalue weighted by molar-refractivity contribution is 6.03. The Hall–Kier alpha value is -2.76. The number of amides is 2. The quantitative estimate of drug-likeness (QED) is 0.833. The van der Waals surface area contributed by atoms with Gasteiger partial charge in [-0.1, -0.05) is 24.3 Å². The number of carbonyl (C=O) groups is 2. The number of rotatable bonds is 5. The average Bonchev–Trinajstić information content (AvgIpc) is 2.49. The molecule has 0 aliphatic rings. The molecular formula is C17H16F2N2O2. The van der Waals surface area contributed by atoms with Crippen LogP contribution in [-0.2, 0) is 16.1 Å². The van der Waals surface area contributed by atoms with E-state index in [1.165, 1.54) is 0 Å². The maximum atomic E-state index is 13.4. The van der Waals surface area contributed by atoms with Crippen molar-refractivity contribution in [3.05, 3.63) is 65.2 Å². The van der Waals surface area contributed by atoms with E-state index >= 15 is 0 Å². The lowest BCUT2D eigenvalue weighted by Crippen LogP contribution is -2.28. The molecule has 2 N–H and O–H groups in total. The van der Waals surface area contributed by atoms with Gasteiger partial charge in [0.2, 0.25) is 11.8 Å². The van der Waals surface area contributed by atoms with Crippen molar-refractivity contribution in [3.63, 3.8) is 0 Å². The van der Waals surface area contributed by atoms with Crippen molar-refractivity contribution in [1.82, 2.24) is 5.32 Å². The van der Waals surface area contributed by atoms with Gasteiger partial charge in [0.05, 0.1) is 5.69 Å². The summed E-state index contributed by atoms with van der Waals surface area (Å²) in [7, 11) is 0. The third kappa shape index (κ3) is 4.88. The molecule has 0 bridgehead atoms. The highest BCUT2D eigenvalue weighted by atomic mass is 19.1. The average molecular weight is 318 g/mol. The van der Waals surface area contributed by atoms with Crippen LogP contribution in [0.15, 0.2) is 42.5 Å². The minimum atomic E-state index is -0.890. The predicted molar refractivity (Wildman–Crippen MR) is 82.6 cm³/mol. The third-order valence-corrected chi connectivity index (χ3v) is 3.26. The molecule has 23 heavy (non-hydrogen) atoms. The van der Waals surface area contributed by atoms with Crippen LogP contribution in [0.4, 0.5) is 14.5 Å². The molecule has 0 atom stereocenters. The summed E-state index contributed by atoms with van der Waals surface area (Å²) in [5, 5.41) is 4.86. The number of nitrogens with one attached hydrogen (secondary N) is 2. The van der Waals surface area contributed by atoms with Gasteiger partial charge in [-0.3, -0.25) is 9.59 Å². The highest BCUT2D eigenvalue weighted by Crippen LogP contribution is 2.15. The van der Waals surface area contributed by atoms with E-state index in [9.17, 15) is 18.4 Å². The summed E-state index contributed by atoms with van der Waals surface area (Å²) in [5.74, 6) is -2.78. The number of aryl methyl sites for hydroxylation is 1. The molecule has 0 aliphatic carbocycles. The van der Waals surface area contributed by atoms with Gasteiger partial charge in [0.25, 0.3) is 0 Å². The first kappa shape index (κ1) is 16.6. The minimum absolute atomic E-state index is 0.164. The number of hydrogen-bond acceptors (Lipinski definition) is 2. The molecule has 0 aliphatic heterocycles. The standard InChI is InChI=1S/C17H16F2N2O2/c1-11-4-2-3-5-12(11)10-20-16(22)9-17(23)21-15-7-6-13(18)8-14(15)19/h2-8H,9-10H2,1H3,(H,20,22)(H,21,23). The lowest BCUT2D eigenvalue weighted by molar-refractivity contribution is -0.126. The molecule has 0 fully saturated rings. The van der Waals surface area contributed by atoms with Gasteiger partial charge in [0.1, 0.15) is 18.1 Å². The topological polar surface area (TPSA) is 58.2 Å². The number of hydrogen-bond donors (Lipinski definition) is 2. The van der Waals surface area contributed by atoms with Crippen molar-refractivity contribution in [3.8, 4) is 0 Å². The second-order valence-electron chi connectivity index (χ2n) is 5.05. The van der Waals surface area contributed by atoms with Gasteiger partial charge >= 0.3 is 0 Å². The molecule has 0 radical (unpaired) electrons. The zero-order chi connectivity index (χ0) is 16.8. The monoisotopic (exact) mass is 318 g/mol. The summed E-state index contributed by atoms with van der Waals surface area (Å²) in [6.07, 6.45) is -0.442. The number of halogens is 2. The molecule has 0 unspecified atom stereocenters. The van der Waals surface area contributed by atoms with Gasteiger partial charge in [-0.2, -0.15) is 0 Å². The molecule has 0 aromatic heterocycles. The summed E-state index contributed by atoms with van der Waals surface area (Å²) >= 11 is 0. The Morgan fingerprint density at radius 2 is 1.78 bits per heavy atom. The van der Waals surface area contributed by atoms with Crippen LogP contribution in [-0.4, -0.2) is 11.8 Å². The van der Waals surface area contributed by atoms with Crippen molar-refractivity contribution in [2.24, 2.45) is 0 Å². The van der Waals surface area contributed by atoms with Crippen LogP contribution in [0, 0.1) is 18.6 Å². The second kappa shape index (κ2) is 7.49. The Balaban J connectivity index is 1.85. The number of carbonyl (C=O) groups excluding carboxylic acids is 2. The Kier molecular flexibility index (Phi) is 5.41. The molecule has 0 heterocycles. The number of anilines is 1. The Morgan fingerprint density at radius 3 is 2.48 bits per heavy atom. The summed E-state index contributed by atoms with van der Waals surface area (Å²) in [6.45, 7) is 2.23. The molecule has 2 amide bonds. The van der Waals surface area contributed by atoms with Crippen LogP contribution in [0.2, 0.25) is 0 Å². The lowest BCUT2D eigenvalue weighted by Gasteiger charge is -2.09. The fraction of sp³-hybridized carbons (Fsp3) is 0.176. The van der Waals surface area contributed by atoms with E-state index in [-0.39, 0.29) is 5.69 Å². The van der Waals surface area contributed by atoms with Crippen molar-refractivity contribution in [1.29, 1.82) is 0 Å². The van der Waals surface area contributed by atoms with Gasteiger partial charge in [0.15, 0.2) is 0 Å². The smallest absolute Gasteiger partial charge is 0.233 e. The van der Waals surface area contributed by atoms with Crippen LogP contribution in [0.25, 0.3) is 0 Å². The molecule has 0 saturated heterocycles. The third-order valence-electron chi connectivity index (χ3n) is 3.26. The first-order chi connectivity index (χ1) is 11.0. The van der Waals surface area contributed by atoms with E-state index in [0.717, 1.165) is 23.3 Å². The van der Waals surface area contributed by atoms with Crippen molar-refractivity contribution in [2.45, 2.75) is 19.9 Å². The zero-order valence-corrected chi connectivity index (χ0v) is 12.5. The Morgan fingerprint density at radius 1 is 1.04 bits per heavy atom. The van der Waals surface area contributed by atoms with E-state index in [1.54, 1.807) is 0 Å².